The topological polar surface area (TPSA) is 55.6 Å². The molecule has 4 heterocycles. The Balaban J connectivity index is 0.00000228. The zero-order chi connectivity index (χ0) is 21.9. The first kappa shape index (κ1) is 21.9. The molecule has 0 saturated heterocycles. The maximum Gasteiger partial charge on any atom is 0.142 e. The van der Waals surface area contributed by atoms with Gasteiger partial charge in [0.2, 0.25) is 0 Å². The molecule has 2 atom stereocenters. The zero-order valence-corrected chi connectivity index (χ0v) is 18.8. The highest BCUT2D eigenvalue weighted by molar-refractivity contribution is 6.36. The van der Waals surface area contributed by atoms with Crippen molar-refractivity contribution in [3.63, 3.8) is 0 Å². The standard InChI is InChI=1S/C26H28BN5.CH4/c1-26(2)14-19-13-18-7-5-17(12-22(18)30-24(19)31-26)4-3-16-6-8-20(11-16)32-10-9-21-23(27)28-15-29-25(21)32;/h5,7,9-10,12-13,15-16,20H,3-4,6,8,11,14H2,1-2H3,(H,30,31);1H4. The third-order valence-corrected chi connectivity index (χ3v) is 7.34. The van der Waals surface area contributed by atoms with E-state index in [0.717, 1.165) is 41.1 Å². The van der Waals surface area contributed by atoms with Crippen LogP contribution in [0.15, 0.2) is 42.9 Å². The van der Waals surface area contributed by atoms with Crippen LogP contribution in [0.3, 0.4) is 0 Å². The summed E-state index contributed by atoms with van der Waals surface area (Å²) in [6.07, 6.45) is 10.7. The van der Waals surface area contributed by atoms with Crippen LogP contribution in [0.2, 0.25) is 0 Å². The lowest BCUT2D eigenvalue weighted by Crippen LogP contribution is -2.27. The monoisotopic (exact) mass is 437 g/mol. The molecule has 33 heavy (non-hydrogen) atoms. The Kier molecular flexibility index (Phi) is 5.42. The molecule has 168 valence electrons. The summed E-state index contributed by atoms with van der Waals surface area (Å²) < 4.78 is 2.31. The van der Waals surface area contributed by atoms with Gasteiger partial charge in [0.25, 0.3) is 0 Å². The molecule has 0 bridgehead atoms. The maximum atomic E-state index is 6.02. The summed E-state index contributed by atoms with van der Waals surface area (Å²) in [5.41, 5.74) is 5.45. The van der Waals surface area contributed by atoms with Crippen LogP contribution in [0.25, 0.3) is 21.9 Å². The fraction of sp³-hybridized carbons (Fsp3) is 0.444. The van der Waals surface area contributed by atoms with Gasteiger partial charge in [-0.2, -0.15) is 0 Å². The van der Waals surface area contributed by atoms with E-state index in [4.69, 9.17) is 12.8 Å². The summed E-state index contributed by atoms with van der Waals surface area (Å²) in [6, 6.07) is 11.7. The van der Waals surface area contributed by atoms with Crippen molar-refractivity contribution < 1.29 is 0 Å². The van der Waals surface area contributed by atoms with E-state index in [1.54, 1.807) is 6.33 Å². The van der Waals surface area contributed by atoms with Gasteiger partial charge in [0, 0.05) is 34.1 Å². The molecule has 2 aliphatic rings. The van der Waals surface area contributed by atoms with Crippen molar-refractivity contribution in [1.82, 2.24) is 19.5 Å². The summed E-state index contributed by atoms with van der Waals surface area (Å²) in [5.74, 6) is 1.80. The van der Waals surface area contributed by atoms with Gasteiger partial charge in [0.05, 0.1) is 5.52 Å². The second-order valence-corrected chi connectivity index (χ2v) is 10.3. The Morgan fingerprint density at radius 2 is 2.03 bits per heavy atom. The average molecular weight is 437 g/mol. The first-order valence-electron chi connectivity index (χ1n) is 11.7. The smallest absolute Gasteiger partial charge is 0.142 e. The Labute approximate surface area is 197 Å². The quantitative estimate of drug-likeness (QED) is 0.450. The molecule has 1 aliphatic heterocycles. The molecular formula is C27H32BN5. The van der Waals surface area contributed by atoms with Crippen molar-refractivity contribution >= 4 is 41.2 Å². The number of hydrogen-bond donors (Lipinski definition) is 1. The summed E-state index contributed by atoms with van der Waals surface area (Å²) in [5, 5.41) is 5.77. The van der Waals surface area contributed by atoms with Crippen LogP contribution in [0, 0.1) is 5.92 Å². The molecular weight excluding hydrogens is 405 g/mol. The predicted molar refractivity (Wildman–Crippen MR) is 137 cm³/mol. The molecule has 1 fully saturated rings. The Hall–Kier alpha value is -2.89. The zero-order valence-electron chi connectivity index (χ0n) is 18.8. The molecule has 1 aromatic carbocycles. The van der Waals surface area contributed by atoms with E-state index < -0.39 is 0 Å². The molecule has 3 aromatic heterocycles. The van der Waals surface area contributed by atoms with Crippen molar-refractivity contribution in [3.8, 4) is 0 Å². The number of fused-ring (bicyclic) bond motifs is 3. The van der Waals surface area contributed by atoms with Gasteiger partial charge in [0.15, 0.2) is 0 Å². The number of pyridine rings is 1. The van der Waals surface area contributed by atoms with Gasteiger partial charge in [0.1, 0.15) is 25.6 Å². The van der Waals surface area contributed by atoms with Gasteiger partial charge in [-0.3, -0.25) is 4.98 Å². The minimum atomic E-state index is 0. The van der Waals surface area contributed by atoms with Gasteiger partial charge in [-0.1, -0.05) is 19.6 Å². The van der Waals surface area contributed by atoms with Crippen LogP contribution >= 0.6 is 0 Å². The number of nitrogens with zero attached hydrogens (tertiary/aromatic N) is 4. The first-order valence-corrected chi connectivity index (χ1v) is 11.7. The minimum Gasteiger partial charge on any atom is -0.365 e. The molecule has 1 aliphatic carbocycles. The summed E-state index contributed by atoms with van der Waals surface area (Å²) >= 11 is 0. The number of anilines is 1. The minimum absolute atomic E-state index is 0. The second-order valence-electron chi connectivity index (χ2n) is 10.3. The highest BCUT2D eigenvalue weighted by Crippen LogP contribution is 2.39. The van der Waals surface area contributed by atoms with E-state index in [1.807, 2.05) is 6.07 Å². The van der Waals surface area contributed by atoms with Crippen LogP contribution in [-0.4, -0.2) is 32.9 Å². The fourth-order valence-electron chi connectivity index (χ4n) is 5.72. The number of aromatic nitrogens is 4. The lowest BCUT2D eigenvalue weighted by Gasteiger charge is -2.17. The Morgan fingerprint density at radius 1 is 1.15 bits per heavy atom. The van der Waals surface area contributed by atoms with Crippen molar-refractivity contribution in [2.75, 3.05) is 5.32 Å². The van der Waals surface area contributed by atoms with Crippen LogP contribution < -0.4 is 10.9 Å². The van der Waals surface area contributed by atoms with Gasteiger partial charge in [-0.05, 0) is 87.6 Å². The Morgan fingerprint density at radius 3 is 2.91 bits per heavy atom. The van der Waals surface area contributed by atoms with Crippen molar-refractivity contribution in [2.45, 2.75) is 71.4 Å². The third kappa shape index (κ3) is 4.00. The molecule has 4 aromatic rings. The SMILES string of the molecule is C.[B]c1ncnc2c1ccn2C1CCC(CCc2ccc3cc4c(nc3c2)NC(C)(C)C4)C1. The number of benzene rings is 1. The number of hydrogen-bond acceptors (Lipinski definition) is 4. The van der Waals surface area contributed by atoms with Crippen LogP contribution in [0.5, 0.6) is 0 Å². The van der Waals surface area contributed by atoms with E-state index in [1.165, 1.54) is 42.2 Å². The molecule has 5 nitrogen and oxygen atoms in total. The number of aryl methyl sites for hydroxylation is 1. The second kappa shape index (κ2) is 8.16. The first-order chi connectivity index (χ1) is 15.4. The van der Waals surface area contributed by atoms with E-state index >= 15 is 0 Å². The normalized spacial score (nSPS) is 21.2. The van der Waals surface area contributed by atoms with Gasteiger partial charge in [-0.15, -0.1) is 0 Å². The van der Waals surface area contributed by atoms with Gasteiger partial charge < -0.3 is 9.88 Å². The highest BCUT2D eigenvalue weighted by Gasteiger charge is 2.29. The van der Waals surface area contributed by atoms with E-state index in [0.29, 0.717) is 11.6 Å². The van der Waals surface area contributed by atoms with Crippen LogP contribution in [0.4, 0.5) is 5.82 Å². The van der Waals surface area contributed by atoms with Gasteiger partial charge >= 0.3 is 0 Å². The molecule has 0 amide bonds. The molecule has 6 heteroatoms. The van der Waals surface area contributed by atoms with E-state index in [-0.39, 0.29) is 13.0 Å². The van der Waals surface area contributed by atoms with Crippen molar-refractivity contribution in [3.05, 3.63) is 54.0 Å². The largest absolute Gasteiger partial charge is 0.365 e. The Bertz CT molecular complexity index is 1330. The molecule has 1 N–H and O–H groups in total. The number of rotatable bonds is 4. The highest BCUT2D eigenvalue weighted by atomic mass is 15.1. The summed E-state index contributed by atoms with van der Waals surface area (Å²) in [6.45, 7) is 4.47. The molecule has 6 rings (SSSR count). The number of nitrogens with one attached hydrogen (secondary N) is 1. The summed E-state index contributed by atoms with van der Waals surface area (Å²) in [4.78, 5) is 13.5. The third-order valence-electron chi connectivity index (χ3n) is 7.34. The van der Waals surface area contributed by atoms with Gasteiger partial charge in [-0.25, -0.2) is 9.97 Å². The molecule has 1 saturated carbocycles. The molecule has 2 radical (unpaired) electrons. The lowest BCUT2D eigenvalue weighted by molar-refractivity contribution is 0.461. The fourth-order valence-corrected chi connectivity index (χ4v) is 5.72. The van der Waals surface area contributed by atoms with Crippen molar-refractivity contribution in [1.29, 1.82) is 0 Å². The maximum absolute atomic E-state index is 6.02. The van der Waals surface area contributed by atoms with E-state index in [9.17, 15) is 0 Å². The van der Waals surface area contributed by atoms with Crippen LogP contribution in [-0.2, 0) is 12.8 Å². The average Bonchev–Trinajstić information content (AvgIpc) is 3.46. The van der Waals surface area contributed by atoms with E-state index in [2.05, 4.69) is 64.2 Å². The van der Waals surface area contributed by atoms with Crippen LogP contribution in [0.1, 0.15) is 64.1 Å². The summed E-state index contributed by atoms with van der Waals surface area (Å²) in [7, 11) is 6.02. The molecule has 2 unspecified atom stereocenters. The lowest BCUT2D eigenvalue weighted by atomic mass is 9.96. The molecule has 0 spiro atoms. The predicted octanol–water partition coefficient (Wildman–Crippen LogP) is 5.13. The van der Waals surface area contributed by atoms with Crippen molar-refractivity contribution in [2.24, 2.45) is 5.92 Å².